The second-order valence-electron chi connectivity index (χ2n) is 3.52. The summed E-state index contributed by atoms with van der Waals surface area (Å²) >= 11 is 0. The molecule has 0 fully saturated rings. The molecule has 1 unspecified atom stereocenters. The average Bonchev–Trinajstić information content (AvgIpc) is 2.17. The van der Waals surface area contributed by atoms with E-state index in [0.717, 1.165) is 24.0 Å². The summed E-state index contributed by atoms with van der Waals surface area (Å²) in [6, 6.07) is 6.03. The van der Waals surface area contributed by atoms with Crippen molar-refractivity contribution in [3.8, 4) is 5.75 Å². The number of phenols is 1. The molecular weight excluding hydrogens is 160 g/mol. The van der Waals surface area contributed by atoms with Crippen LogP contribution in [0, 0.1) is 0 Å². The van der Waals surface area contributed by atoms with Crippen LogP contribution >= 0.6 is 0 Å². The molecule has 1 heteroatoms. The highest BCUT2D eigenvalue weighted by molar-refractivity contribution is 5.42. The zero-order chi connectivity index (χ0) is 9.84. The lowest BCUT2D eigenvalue weighted by Crippen LogP contribution is -1.94. The number of phenolic OH excluding ortho intramolecular Hbond substituents is 1. The van der Waals surface area contributed by atoms with E-state index in [2.05, 4.69) is 20.8 Å². The molecule has 0 aliphatic rings. The van der Waals surface area contributed by atoms with E-state index in [1.807, 2.05) is 18.2 Å². The Morgan fingerprint density at radius 3 is 2.54 bits per heavy atom. The van der Waals surface area contributed by atoms with Gasteiger partial charge in [0.25, 0.3) is 0 Å². The van der Waals surface area contributed by atoms with Gasteiger partial charge in [0.2, 0.25) is 0 Å². The molecule has 13 heavy (non-hydrogen) atoms. The van der Waals surface area contributed by atoms with Crippen LogP contribution < -0.4 is 0 Å². The second-order valence-corrected chi connectivity index (χ2v) is 3.52. The molecule has 72 valence electrons. The first-order valence-corrected chi connectivity index (χ1v) is 5.01. The smallest absolute Gasteiger partial charge is 0.122 e. The summed E-state index contributed by atoms with van der Waals surface area (Å²) in [5.74, 6) is 0.950. The van der Waals surface area contributed by atoms with Crippen molar-refractivity contribution in [1.82, 2.24) is 0 Å². The van der Waals surface area contributed by atoms with Crippen LogP contribution in [0.25, 0.3) is 0 Å². The zero-order valence-corrected chi connectivity index (χ0v) is 8.67. The molecular formula is C12H18O. The van der Waals surface area contributed by atoms with E-state index >= 15 is 0 Å². The minimum atomic E-state index is 0.450. The first-order valence-electron chi connectivity index (χ1n) is 5.01. The first-order chi connectivity index (χ1) is 6.20. The maximum Gasteiger partial charge on any atom is 0.122 e. The minimum Gasteiger partial charge on any atom is -0.507 e. The summed E-state index contributed by atoms with van der Waals surface area (Å²) in [6.45, 7) is 6.35. The maximum absolute atomic E-state index is 9.89. The number of aromatic hydroxyl groups is 1. The van der Waals surface area contributed by atoms with Crippen LogP contribution in [0.5, 0.6) is 5.75 Å². The van der Waals surface area contributed by atoms with Gasteiger partial charge in [0.1, 0.15) is 5.75 Å². The van der Waals surface area contributed by atoms with E-state index in [0.29, 0.717) is 11.7 Å². The Labute approximate surface area is 80.4 Å². The number of hydrogen-bond donors (Lipinski definition) is 1. The molecule has 1 nitrogen and oxygen atoms in total. The van der Waals surface area contributed by atoms with Crippen LogP contribution in [0.4, 0.5) is 0 Å². The van der Waals surface area contributed by atoms with Crippen molar-refractivity contribution in [3.05, 3.63) is 29.3 Å². The number of hydrogen-bond acceptors (Lipinski definition) is 1. The monoisotopic (exact) mass is 178 g/mol. The zero-order valence-electron chi connectivity index (χ0n) is 8.67. The Morgan fingerprint density at radius 1 is 1.31 bits per heavy atom. The third kappa shape index (κ3) is 2.03. The van der Waals surface area contributed by atoms with Gasteiger partial charge in [0.15, 0.2) is 0 Å². The predicted octanol–water partition coefficient (Wildman–Crippen LogP) is 3.47. The standard InChI is InChI=1S/C12H18O/c1-4-9(3)11-8-6-7-10(5-2)12(11)13/h6-9,13H,4-5H2,1-3H3. The van der Waals surface area contributed by atoms with E-state index in [1.165, 1.54) is 0 Å². The van der Waals surface area contributed by atoms with Gasteiger partial charge < -0.3 is 5.11 Å². The number of para-hydroxylation sites is 1. The highest BCUT2D eigenvalue weighted by atomic mass is 16.3. The van der Waals surface area contributed by atoms with Gasteiger partial charge in [-0.3, -0.25) is 0 Å². The fourth-order valence-electron chi connectivity index (χ4n) is 1.51. The van der Waals surface area contributed by atoms with Crippen LogP contribution in [0.2, 0.25) is 0 Å². The number of aryl methyl sites for hydroxylation is 1. The van der Waals surface area contributed by atoms with Crippen molar-refractivity contribution in [1.29, 1.82) is 0 Å². The molecule has 0 bridgehead atoms. The summed E-state index contributed by atoms with van der Waals surface area (Å²) in [6.07, 6.45) is 1.97. The van der Waals surface area contributed by atoms with Crippen molar-refractivity contribution >= 4 is 0 Å². The first kappa shape index (κ1) is 10.1. The van der Waals surface area contributed by atoms with Crippen molar-refractivity contribution in [2.75, 3.05) is 0 Å². The Bertz CT molecular complexity index is 278. The molecule has 0 aliphatic carbocycles. The molecule has 0 saturated heterocycles. The molecule has 0 saturated carbocycles. The third-order valence-electron chi connectivity index (χ3n) is 2.67. The summed E-state index contributed by atoms with van der Waals surface area (Å²) in [5, 5.41) is 9.89. The third-order valence-corrected chi connectivity index (χ3v) is 2.67. The maximum atomic E-state index is 9.89. The predicted molar refractivity (Wildman–Crippen MR) is 56.2 cm³/mol. The quantitative estimate of drug-likeness (QED) is 0.751. The molecule has 0 aliphatic heterocycles. The van der Waals surface area contributed by atoms with Crippen LogP contribution in [-0.4, -0.2) is 5.11 Å². The van der Waals surface area contributed by atoms with Crippen LogP contribution in [0.1, 0.15) is 44.2 Å². The summed E-state index contributed by atoms with van der Waals surface area (Å²) in [7, 11) is 0. The van der Waals surface area contributed by atoms with Crippen LogP contribution in [0.3, 0.4) is 0 Å². The Kier molecular flexibility index (Phi) is 3.35. The molecule has 0 amide bonds. The molecule has 1 N–H and O–H groups in total. The van der Waals surface area contributed by atoms with Gasteiger partial charge in [0, 0.05) is 0 Å². The lowest BCUT2D eigenvalue weighted by Gasteiger charge is -2.13. The van der Waals surface area contributed by atoms with Crippen molar-refractivity contribution < 1.29 is 5.11 Å². The highest BCUT2D eigenvalue weighted by Crippen LogP contribution is 2.30. The van der Waals surface area contributed by atoms with Crippen molar-refractivity contribution in [3.63, 3.8) is 0 Å². The van der Waals surface area contributed by atoms with Gasteiger partial charge in [-0.05, 0) is 29.9 Å². The molecule has 1 atom stereocenters. The molecule has 1 aromatic rings. The minimum absolute atomic E-state index is 0.450. The van der Waals surface area contributed by atoms with E-state index in [-0.39, 0.29) is 0 Å². The molecule has 0 spiro atoms. The highest BCUT2D eigenvalue weighted by Gasteiger charge is 2.10. The average molecular weight is 178 g/mol. The van der Waals surface area contributed by atoms with Crippen molar-refractivity contribution in [2.45, 2.75) is 39.5 Å². The van der Waals surface area contributed by atoms with Crippen LogP contribution in [-0.2, 0) is 6.42 Å². The molecule has 0 radical (unpaired) electrons. The lowest BCUT2D eigenvalue weighted by molar-refractivity contribution is 0.455. The molecule has 1 aromatic carbocycles. The number of rotatable bonds is 3. The molecule has 1 rings (SSSR count). The van der Waals surface area contributed by atoms with E-state index < -0.39 is 0 Å². The van der Waals surface area contributed by atoms with Crippen LogP contribution in [0.15, 0.2) is 18.2 Å². The fraction of sp³-hybridized carbons (Fsp3) is 0.500. The Hall–Kier alpha value is -0.980. The van der Waals surface area contributed by atoms with E-state index in [1.54, 1.807) is 0 Å². The summed E-state index contributed by atoms with van der Waals surface area (Å²) < 4.78 is 0. The Balaban J connectivity index is 3.08. The molecule has 0 heterocycles. The molecule has 0 aromatic heterocycles. The normalized spacial score (nSPS) is 12.8. The SMILES string of the molecule is CCc1cccc(C(C)CC)c1O. The summed E-state index contributed by atoms with van der Waals surface area (Å²) in [5.41, 5.74) is 2.14. The second kappa shape index (κ2) is 4.31. The topological polar surface area (TPSA) is 20.2 Å². The largest absolute Gasteiger partial charge is 0.507 e. The van der Waals surface area contributed by atoms with Gasteiger partial charge in [-0.15, -0.1) is 0 Å². The van der Waals surface area contributed by atoms with Gasteiger partial charge in [-0.2, -0.15) is 0 Å². The van der Waals surface area contributed by atoms with Gasteiger partial charge in [0.05, 0.1) is 0 Å². The number of benzene rings is 1. The van der Waals surface area contributed by atoms with Gasteiger partial charge >= 0.3 is 0 Å². The lowest BCUT2D eigenvalue weighted by atomic mass is 9.95. The Morgan fingerprint density at radius 2 is 2.00 bits per heavy atom. The van der Waals surface area contributed by atoms with E-state index in [9.17, 15) is 5.11 Å². The fourth-order valence-corrected chi connectivity index (χ4v) is 1.51. The van der Waals surface area contributed by atoms with E-state index in [4.69, 9.17) is 0 Å². The van der Waals surface area contributed by atoms with Gasteiger partial charge in [-0.25, -0.2) is 0 Å². The summed E-state index contributed by atoms with van der Waals surface area (Å²) in [4.78, 5) is 0. The van der Waals surface area contributed by atoms with Gasteiger partial charge in [-0.1, -0.05) is 39.0 Å². The van der Waals surface area contributed by atoms with Crippen molar-refractivity contribution in [2.24, 2.45) is 0 Å².